The number of rotatable bonds is 7. The van der Waals surface area contributed by atoms with Crippen LogP contribution in [0.1, 0.15) is 21.9 Å². The predicted octanol–water partition coefficient (Wildman–Crippen LogP) is 4.53. The number of aryl methyl sites for hydroxylation is 3. The predicted molar refractivity (Wildman–Crippen MR) is 118 cm³/mol. The van der Waals surface area contributed by atoms with Crippen LogP contribution in [0.3, 0.4) is 0 Å². The molecule has 0 spiro atoms. The molecule has 0 aliphatic heterocycles. The molecule has 0 unspecified atom stereocenters. The van der Waals surface area contributed by atoms with Crippen LogP contribution in [0, 0.1) is 13.8 Å². The van der Waals surface area contributed by atoms with Gasteiger partial charge in [0.2, 0.25) is 5.91 Å². The van der Waals surface area contributed by atoms with E-state index in [0.717, 1.165) is 45.1 Å². The fourth-order valence-electron chi connectivity index (χ4n) is 3.40. The third-order valence-electron chi connectivity index (χ3n) is 4.88. The van der Waals surface area contributed by atoms with Crippen LogP contribution in [0.4, 0.5) is 0 Å². The summed E-state index contributed by atoms with van der Waals surface area (Å²) >= 11 is 1.60. The minimum atomic E-state index is 0.0394. The first-order valence-corrected chi connectivity index (χ1v) is 10.6. The highest BCUT2D eigenvalue weighted by molar-refractivity contribution is 7.12. The van der Waals surface area contributed by atoms with E-state index in [2.05, 4.69) is 57.1 Å². The summed E-state index contributed by atoms with van der Waals surface area (Å²) in [4.78, 5) is 22.6. The lowest BCUT2D eigenvalue weighted by molar-refractivity contribution is -0.120. The van der Waals surface area contributed by atoms with Gasteiger partial charge in [0.05, 0.1) is 34.5 Å². The number of hydrogen-bond donors (Lipinski definition) is 1. The fraction of sp³-hybridized carbons (Fsp3) is 0.261. The van der Waals surface area contributed by atoms with Gasteiger partial charge < -0.3 is 9.88 Å². The zero-order valence-electron chi connectivity index (χ0n) is 16.7. The van der Waals surface area contributed by atoms with Crippen molar-refractivity contribution >= 4 is 28.3 Å². The standard InChI is InChI=1S/C23H24N4OS/c1-16-8-10-18(11-9-16)23-21(29-17(2)26-23)14-22(28)24-12-5-13-27-15-25-19-6-3-4-7-20(19)27/h3-4,6-11,15H,5,12-14H2,1-2H3,(H,24,28). The van der Waals surface area contributed by atoms with Crippen LogP contribution in [0.25, 0.3) is 22.3 Å². The molecule has 1 amide bonds. The van der Waals surface area contributed by atoms with Gasteiger partial charge in [0.25, 0.3) is 0 Å². The first kappa shape index (κ1) is 19.3. The van der Waals surface area contributed by atoms with Crippen molar-refractivity contribution in [1.29, 1.82) is 0 Å². The second-order valence-electron chi connectivity index (χ2n) is 7.18. The largest absolute Gasteiger partial charge is 0.356 e. The molecule has 148 valence electrons. The highest BCUT2D eigenvalue weighted by atomic mass is 32.1. The van der Waals surface area contributed by atoms with Gasteiger partial charge >= 0.3 is 0 Å². The Balaban J connectivity index is 1.33. The lowest BCUT2D eigenvalue weighted by Crippen LogP contribution is -2.26. The third kappa shape index (κ3) is 4.54. The maximum atomic E-state index is 12.5. The summed E-state index contributed by atoms with van der Waals surface area (Å²) in [6, 6.07) is 16.4. The van der Waals surface area contributed by atoms with Crippen LogP contribution in [0.15, 0.2) is 54.9 Å². The molecule has 0 aliphatic rings. The van der Waals surface area contributed by atoms with Crippen molar-refractivity contribution in [3.8, 4) is 11.3 Å². The van der Waals surface area contributed by atoms with Gasteiger partial charge in [-0.2, -0.15) is 0 Å². The molecule has 4 rings (SSSR count). The van der Waals surface area contributed by atoms with Crippen LogP contribution in [0.2, 0.25) is 0 Å². The Bertz CT molecular complexity index is 1130. The molecule has 0 fully saturated rings. The molecule has 5 nitrogen and oxygen atoms in total. The van der Waals surface area contributed by atoms with Gasteiger partial charge in [0, 0.05) is 23.5 Å². The van der Waals surface area contributed by atoms with Crippen molar-refractivity contribution in [3.63, 3.8) is 0 Å². The Labute approximate surface area is 174 Å². The molecule has 0 aliphatic carbocycles. The van der Waals surface area contributed by atoms with Crippen molar-refractivity contribution in [3.05, 3.63) is 70.3 Å². The third-order valence-corrected chi connectivity index (χ3v) is 5.85. The number of fused-ring (bicyclic) bond motifs is 1. The van der Waals surface area contributed by atoms with Gasteiger partial charge in [0.15, 0.2) is 0 Å². The molecule has 0 radical (unpaired) electrons. The average Bonchev–Trinajstić information content (AvgIpc) is 3.29. The van der Waals surface area contributed by atoms with E-state index >= 15 is 0 Å². The SMILES string of the molecule is Cc1ccc(-c2nc(C)sc2CC(=O)NCCCn2cnc3ccccc32)cc1. The first-order valence-electron chi connectivity index (χ1n) is 9.80. The van der Waals surface area contributed by atoms with E-state index in [0.29, 0.717) is 13.0 Å². The van der Waals surface area contributed by atoms with Crippen molar-refractivity contribution in [1.82, 2.24) is 19.9 Å². The van der Waals surface area contributed by atoms with Gasteiger partial charge in [-0.05, 0) is 32.4 Å². The Kier molecular flexibility index (Phi) is 5.71. The lowest BCUT2D eigenvalue weighted by Gasteiger charge is -2.07. The Morgan fingerprint density at radius 3 is 2.72 bits per heavy atom. The molecule has 6 heteroatoms. The maximum absolute atomic E-state index is 12.5. The van der Waals surface area contributed by atoms with Crippen molar-refractivity contribution in [2.75, 3.05) is 6.54 Å². The first-order chi connectivity index (χ1) is 14.1. The van der Waals surface area contributed by atoms with Crippen LogP contribution in [0.5, 0.6) is 0 Å². The summed E-state index contributed by atoms with van der Waals surface area (Å²) in [7, 11) is 0. The molecule has 0 saturated carbocycles. The van der Waals surface area contributed by atoms with E-state index in [1.54, 1.807) is 11.3 Å². The van der Waals surface area contributed by atoms with Gasteiger partial charge in [-0.25, -0.2) is 9.97 Å². The minimum Gasteiger partial charge on any atom is -0.356 e. The number of carbonyl (C=O) groups is 1. The summed E-state index contributed by atoms with van der Waals surface area (Å²) in [6.07, 6.45) is 3.09. The summed E-state index contributed by atoms with van der Waals surface area (Å²) in [6.45, 7) is 5.52. The molecule has 2 aromatic carbocycles. The molecule has 2 heterocycles. The molecule has 2 aromatic heterocycles. The zero-order chi connectivity index (χ0) is 20.2. The van der Waals surface area contributed by atoms with E-state index < -0.39 is 0 Å². The molecule has 0 bridgehead atoms. The zero-order valence-corrected chi connectivity index (χ0v) is 17.5. The fourth-order valence-corrected chi connectivity index (χ4v) is 4.36. The molecule has 29 heavy (non-hydrogen) atoms. The summed E-state index contributed by atoms with van der Waals surface area (Å²) in [5.41, 5.74) is 5.33. The molecule has 4 aromatic rings. The number of hydrogen-bond acceptors (Lipinski definition) is 4. The van der Waals surface area contributed by atoms with Gasteiger partial charge in [-0.1, -0.05) is 42.0 Å². The molecule has 1 N–H and O–H groups in total. The number of benzene rings is 2. The second kappa shape index (κ2) is 8.57. The Morgan fingerprint density at radius 2 is 1.90 bits per heavy atom. The smallest absolute Gasteiger partial charge is 0.225 e. The average molecular weight is 405 g/mol. The van der Waals surface area contributed by atoms with E-state index in [4.69, 9.17) is 0 Å². The minimum absolute atomic E-state index is 0.0394. The summed E-state index contributed by atoms with van der Waals surface area (Å²) < 4.78 is 2.13. The maximum Gasteiger partial charge on any atom is 0.225 e. The quantitative estimate of drug-likeness (QED) is 0.461. The van der Waals surface area contributed by atoms with Crippen LogP contribution in [-0.4, -0.2) is 27.0 Å². The second-order valence-corrected chi connectivity index (χ2v) is 8.47. The van der Waals surface area contributed by atoms with E-state index in [-0.39, 0.29) is 5.91 Å². The molecular formula is C23H24N4OS. The van der Waals surface area contributed by atoms with Crippen LogP contribution < -0.4 is 5.32 Å². The number of nitrogens with zero attached hydrogens (tertiary/aromatic N) is 3. The number of thiazole rings is 1. The van der Waals surface area contributed by atoms with Crippen molar-refractivity contribution < 1.29 is 4.79 Å². The van der Waals surface area contributed by atoms with Crippen molar-refractivity contribution in [2.45, 2.75) is 33.2 Å². The highest BCUT2D eigenvalue weighted by Crippen LogP contribution is 2.28. The van der Waals surface area contributed by atoms with Gasteiger partial charge in [-0.15, -0.1) is 11.3 Å². The number of nitrogens with one attached hydrogen (secondary N) is 1. The highest BCUT2D eigenvalue weighted by Gasteiger charge is 2.14. The number of carbonyl (C=O) groups excluding carboxylic acids is 1. The summed E-state index contributed by atoms with van der Waals surface area (Å²) in [5.74, 6) is 0.0394. The lowest BCUT2D eigenvalue weighted by atomic mass is 10.1. The molecule has 0 saturated heterocycles. The normalized spacial score (nSPS) is 11.1. The van der Waals surface area contributed by atoms with Gasteiger partial charge in [0.1, 0.15) is 0 Å². The van der Waals surface area contributed by atoms with Crippen LogP contribution in [-0.2, 0) is 17.8 Å². The molecule has 0 atom stereocenters. The van der Waals surface area contributed by atoms with Crippen molar-refractivity contribution in [2.24, 2.45) is 0 Å². The number of imidazole rings is 1. The monoisotopic (exact) mass is 404 g/mol. The number of aromatic nitrogens is 3. The number of amides is 1. The summed E-state index contributed by atoms with van der Waals surface area (Å²) in [5, 5.41) is 4.03. The van der Waals surface area contributed by atoms with Gasteiger partial charge in [-0.3, -0.25) is 4.79 Å². The van der Waals surface area contributed by atoms with E-state index in [1.807, 2.05) is 31.5 Å². The topological polar surface area (TPSA) is 59.8 Å². The Morgan fingerprint density at radius 1 is 1.10 bits per heavy atom. The number of para-hydroxylation sites is 2. The van der Waals surface area contributed by atoms with E-state index in [9.17, 15) is 4.79 Å². The molecular weight excluding hydrogens is 380 g/mol. The Hall–Kier alpha value is -2.99. The van der Waals surface area contributed by atoms with Crippen LogP contribution >= 0.6 is 11.3 Å². The van der Waals surface area contributed by atoms with E-state index in [1.165, 1.54) is 5.56 Å².